The summed E-state index contributed by atoms with van der Waals surface area (Å²) in [7, 11) is 0. The second-order valence-corrected chi connectivity index (χ2v) is 8.74. The summed E-state index contributed by atoms with van der Waals surface area (Å²) in [5.41, 5.74) is 11.3. The molecule has 0 N–H and O–H groups in total. The molecule has 0 bridgehead atoms. The molecule has 0 radical (unpaired) electrons. The number of benzene rings is 3. The molecule has 4 rings (SSSR count). The highest BCUT2D eigenvalue weighted by atomic mass is 35.5. The van der Waals surface area contributed by atoms with Gasteiger partial charge in [0.05, 0.1) is 27.1 Å². The lowest BCUT2D eigenvalue weighted by Crippen LogP contribution is -2.00. The van der Waals surface area contributed by atoms with Crippen molar-refractivity contribution >= 4 is 23.2 Å². The number of nitrogens with zero attached hydrogens (tertiary/aromatic N) is 2. The van der Waals surface area contributed by atoms with Crippen LogP contribution in [0, 0.1) is 34.6 Å². The molecule has 0 spiro atoms. The Kier molecular flexibility index (Phi) is 5.48. The maximum atomic E-state index is 6.34. The molecule has 0 aliphatic carbocycles. The predicted molar refractivity (Wildman–Crippen MR) is 128 cm³/mol. The molecule has 4 heteroatoms. The third kappa shape index (κ3) is 3.66. The first-order valence-electron chi connectivity index (χ1n) is 9.96. The van der Waals surface area contributed by atoms with E-state index in [-0.39, 0.29) is 0 Å². The zero-order chi connectivity index (χ0) is 21.6. The van der Waals surface area contributed by atoms with Gasteiger partial charge in [0.15, 0.2) is 0 Å². The van der Waals surface area contributed by atoms with Crippen molar-refractivity contribution in [1.29, 1.82) is 0 Å². The molecule has 4 aromatic rings. The van der Waals surface area contributed by atoms with Gasteiger partial charge in [-0.1, -0.05) is 47.5 Å². The minimum Gasteiger partial charge on any atom is -0.232 e. The van der Waals surface area contributed by atoms with E-state index in [1.54, 1.807) is 0 Å². The number of hydrogen-bond acceptors (Lipinski definition) is 1. The van der Waals surface area contributed by atoms with Gasteiger partial charge < -0.3 is 0 Å². The van der Waals surface area contributed by atoms with Gasteiger partial charge in [-0.15, -0.1) is 0 Å². The van der Waals surface area contributed by atoms with Crippen LogP contribution in [0.25, 0.3) is 28.2 Å². The van der Waals surface area contributed by atoms with E-state index in [4.69, 9.17) is 28.3 Å². The molecule has 0 amide bonds. The molecule has 152 valence electrons. The Morgan fingerprint density at radius 3 is 1.83 bits per heavy atom. The minimum absolute atomic E-state index is 0.515. The molecular formula is C26H24Cl2N2. The van der Waals surface area contributed by atoms with E-state index in [9.17, 15) is 0 Å². The number of aryl methyl sites for hydroxylation is 4. The van der Waals surface area contributed by atoms with Crippen LogP contribution in [0.2, 0.25) is 10.0 Å². The first-order valence-corrected chi connectivity index (χ1v) is 10.7. The van der Waals surface area contributed by atoms with Gasteiger partial charge in [0.1, 0.15) is 0 Å². The smallest absolute Gasteiger partial charge is 0.0963 e. The monoisotopic (exact) mass is 434 g/mol. The van der Waals surface area contributed by atoms with Crippen molar-refractivity contribution in [2.24, 2.45) is 0 Å². The fourth-order valence-corrected chi connectivity index (χ4v) is 3.98. The van der Waals surface area contributed by atoms with Crippen molar-refractivity contribution in [1.82, 2.24) is 9.78 Å². The van der Waals surface area contributed by atoms with E-state index in [0.717, 1.165) is 33.8 Å². The van der Waals surface area contributed by atoms with Crippen molar-refractivity contribution in [3.8, 4) is 28.2 Å². The van der Waals surface area contributed by atoms with Gasteiger partial charge >= 0.3 is 0 Å². The fourth-order valence-electron chi connectivity index (χ4n) is 3.69. The maximum Gasteiger partial charge on any atom is 0.0963 e. The summed E-state index contributed by atoms with van der Waals surface area (Å²) in [6.07, 6.45) is 0. The Morgan fingerprint density at radius 2 is 1.23 bits per heavy atom. The van der Waals surface area contributed by atoms with Crippen LogP contribution in [0.3, 0.4) is 0 Å². The van der Waals surface area contributed by atoms with Gasteiger partial charge in [-0.3, -0.25) is 0 Å². The lowest BCUT2D eigenvalue weighted by molar-refractivity contribution is 0.891. The summed E-state index contributed by atoms with van der Waals surface area (Å²) in [6.45, 7) is 10.7. The van der Waals surface area contributed by atoms with Gasteiger partial charge in [0.25, 0.3) is 0 Å². The fraction of sp³-hybridized carbons (Fsp3) is 0.192. The highest BCUT2D eigenvalue weighted by molar-refractivity contribution is 6.42. The molecule has 30 heavy (non-hydrogen) atoms. The van der Waals surface area contributed by atoms with E-state index < -0.39 is 0 Å². The average molecular weight is 435 g/mol. The third-order valence-electron chi connectivity index (χ3n) is 5.83. The molecule has 2 nitrogen and oxygen atoms in total. The highest BCUT2D eigenvalue weighted by Crippen LogP contribution is 2.36. The highest BCUT2D eigenvalue weighted by Gasteiger charge is 2.20. The van der Waals surface area contributed by atoms with Gasteiger partial charge in [0.2, 0.25) is 0 Å². The van der Waals surface area contributed by atoms with Crippen molar-refractivity contribution < 1.29 is 0 Å². The SMILES string of the molecule is Cc1ccc(-c2nn(-c3ccc(Cl)c(Cl)c3)c(-c3ccc(C)c(C)c3)c2C)cc1C. The van der Waals surface area contributed by atoms with Crippen LogP contribution in [0.4, 0.5) is 0 Å². The van der Waals surface area contributed by atoms with E-state index in [0.29, 0.717) is 10.0 Å². The lowest BCUT2D eigenvalue weighted by atomic mass is 9.98. The van der Waals surface area contributed by atoms with Crippen LogP contribution in [0.5, 0.6) is 0 Å². The van der Waals surface area contributed by atoms with E-state index in [1.807, 2.05) is 22.9 Å². The predicted octanol–water partition coefficient (Wildman–Crippen LogP) is 8.06. The van der Waals surface area contributed by atoms with E-state index in [1.165, 1.54) is 22.3 Å². The van der Waals surface area contributed by atoms with Gasteiger partial charge in [-0.2, -0.15) is 5.10 Å². The molecule has 0 atom stereocenters. The Labute approximate surface area is 188 Å². The van der Waals surface area contributed by atoms with Crippen LogP contribution in [-0.2, 0) is 0 Å². The minimum atomic E-state index is 0.515. The van der Waals surface area contributed by atoms with Gasteiger partial charge in [0, 0.05) is 16.7 Å². The van der Waals surface area contributed by atoms with E-state index in [2.05, 4.69) is 71.0 Å². The van der Waals surface area contributed by atoms with Crippen LogP contribution >= 0.6 is 23.2 Å². The maximum absolute atomic E-state index is 6.34. The van der Waals surface area contributed by atoms with Crippen molar-refractivity contribution in [3.63, 3.8) is 0 Å². The van der Waals surface area contributed by atoms with Crippen molar-refractivity contribution in [3.05, 3.63) is 92.5 Å². The third-order valence-corrected chi connectivity index (χ3v) is 6.57. The van der Waals surface area contributed by atoms with Crippen LogP contribution < -0.4 is 0 Å². The van der Waals surface area contributed by atoms with Crippen LogP contribution in [-0.4, -0.2) is 9.78 Å². The molecule has 0 saturated heterocycles. The van der Waals surface area contributed by atoms with E-state index >= 15 is 0 Å². The first kappa shape index (κ1) is 20.7. The quantitative estimate of drug-likeness (QED) is 0.318. The summed E-state index contributed by atoms with van der Waals surface area (Å²) in [5.74, 6) is 0. The summed E-state index contributed by atoms with van der Waals surface area (Å²) < 4.78 is 1.98. The number of aromatic nitrogens is 2. The first-order chi connectivity index (χ1) is 14.3. The number of halogens is 2. The van der Waals surface area contributed by atoms with Gasteiger partial charge in [-0.05, 0) is 87.2 Å². The largest absolute Gasteiger partial charge is 0.232 e. The molecule has 0 aliphatic heterocycles. The normalized spacial score (nSPS) is 11.2. The molecule has 0 unspecified atom stereocenters. The Balaban J connectivity index is 2.00. The zero-order valence-corrected chi connectivity index (χ0v) is 19.4. The second-order valence-electron chi connectivity index (χ2n) is 7.93. The topological polar surface area (TPSA) is 17.8 Å². The molecule has 1 heterocycles. The summed E-state index contributed by atoms with van der Waals surface area (Å²) >= 11 is 12.5. The Morgan fingerprint density at radius 1 is 0.633 bits per heavy atom. The molecule has 0 fully saturated rings. The molecular weight excluding hydrogens is 411 g/mol. The summed E-state index contributed by atoms with van der Waals surface area (Å²) in [5, 5.41) is 6.08. The standard InChI is InChI=1S/C26H24Cl2N2/c1-15-6-8-20(12-17(15)3)25-19(5)26(21-9-7-16(2)18(4)13-21)30(29-25)22-10-11-23(27)24(28)14-22/h6-14H,1-5H3. The van der Waals surface area contributed by atoms with Gasteiger partial charge in [-0.25, -0.2) is 4.68 Å². The lowest BCUT2D eigenvalue weighted by Gasteiger charge is -2.11. The second kappa shape index (κ2) is 7.94. The number of hydrogen-bond donors (Lipinski definition) is 0. The number of rotatable bonds is 3. The van der Waals surface area contributed by atoms with Crippen molar-refractivity contribution in [2.45, 2.75) is 34.6 Å². The average Bonchev–Trinajstić information content (AvgIpc) is 3.05. The molecule has 1 aromatic heterocycles. The van der Waals surface area contributed by atoms with Crippen LogP contribution in [0.1, 0.15) is 27.8 Å². The summed E-state index contributed by atoms with van der Waals surface area (Å²) in [4.78, 5) is 0. The molecule has 3 aromatic carbocycles. The Hall–Kier alpha value is -2.55. The van der Waals surface area contributed by atoms with Crippen molar-refractivity contribution in [2.75, 3.05) is 0 Å². The zero-order valence-electron chi connectivity index (χ0n) is 17.8. The summed E-state index contributed by atoms with van der Waals surface area (Å²) in [6, 6.07) is 18.7. The van der Waals surface area contributed by atoms with Crippen LogP contribution in [0.15, 0.2) is 54.6 Å². The molecule has 0 saturated carbocycles. The molecule has 0 aliphatic rings. The Bertz CT molecular complexity index is 1270.